The molecule has 6 heteroatoms. The summed E-state index contributed by atoms with van der Waals surface area (Å²) in [6, 6.07) is 3.97. The predicted octanol–water partition coefficient (Wildman–Crippen LogP) is 3.09. The van der Waals surface area contributed by atoms with Gasteiger partial charge in [0, 0.05) is 30.6 Å². The Balaban J connectivity index is 1.49. The minimum atomic E-state index is 0.0703. The highest BCUT2D eigenvalue weighted by Crippen LogP contribution is 2.17. The Morgan fingerprint density at radius 2 is 2.12 bits per heavy atom. The van der Waals surface area contributed by atoms with Crippen molar-refractivity contribution in [1.82, 2.24) is 15.3 Å². The molecule has 0 bridgehead atoms. The van der Waals surface area contributed by atoms with Gasteiger partial charge in [0.05, 0.1) is 12.2 Å². The fourth-order valence-electron chi connectivity index (χ4n) is 2.89. The molecule has 1 N–H and O–H groups in total. The Hall–Kier alpha value is -1.95. The number of hydrogen-bond acceptors (Lipinski definition) is 5. The zero-order valence-electron chi connectivity index (χ0n) is 14.1. The van der Waals surface area contributed by atoms with Gasteiger partial charge in [0.15, 0.2) is 0 Å². The Labute approximate surface area is 147 Å². The van der Waals surface area contributed by atoms with Crippen molar-refractivity contribution < 1.29 is 4.79 Å². The lowest BCUT2D eigenvalue weighted by Gasteiger charge is -2.26. The lowest BCUT2D eigenvalue weighted by molar-refractivity contribution is -0.121. The molecular weight excluding hydrogens is 320 g/mol. The van der Waals surface area contributed by atoms with Crippen molar-refractivity contribution in [3.05, 3.63) is 39.8 Å². The van der Waals surface area contributed by atoms with E-state index in [-0.39, 0.29) is 5.91 Å². The molecule has 2 aromatic rings. The second-order valence-corrected chi connectivity index (χ2v) is 7.20. The van der Waals surface area contributed by atoms with Gasteiger partial charge in [-0.25, -0.2) is 9.97 Å². The average Bonchev–Trinajstić information content (AvgIpc) is 3.04. The minimum Gasteiger partial charge on any atom is -0.350 e. The molecule has 128 valence electrons. The van der Waals surface area contributed by atoms with E-state index < -0.39 is 0 Å². The second-order valence-electron chi connectivity index (χ2n) is 6.20. The van der Waals surface area contributed by atoms with Crippen molar-refractivity contribution in [2.24, 2.45) is 0 Å². The lowest BCUT2D eigenvalue weighted by atomic mass is 10.1. The van der Waals surface area contributed by atoms with Crippen LogP contribution in [0.1, 0.15) is 41.8 Å². The summed E-state index contributed by atoms with van der Waals surface area (Å²) >= 11 is 1.72. The summed E-state index contributed by atoms with van der Waals surface area (Å²) in [5.41, 5.74) is 2.14. The molecular formula is C18H24N4OS. The van der Waals surface area contributed by atoms with Gasteiger partial charge in [-0.1, -0.05) is 0 Å². The van der Waals surface area contributed by atoms with Crippen molar-refractivity contribution in [3.8, 4) is 0 Å². The fourth-order valence-corrected chi connectivity index (χ4v) is 3.80. The highest BCUT2D eigenvalue weighted by Gasteiger charge is 2.13. The van der Waals surface area contributed by atoms with Crippen LogP contribution in [0.5, 0.6) is 0 Å². The molecule has 5 nitrogen and oxygen atoms in total. The van der Waals surface area contributed by atoms with Crippen LogP contribution in [0.2, 0.25) is 0 Å². The number of carbonyl (C=O) groups excluding carboxylic acids is 1. The van der Waals surface area contributed by atoms with Crippen LogP contribution in [0.15, 0.2) is 23.7 Å². The quantitative estimate of drug-likeness (QED) is 0.875. The largest absolute Gasteiger partial charge is 0.350 e. The maximum atomic E-state index is 12.0. The monoisotopic (exact) mass is 344 g/mol. The number of nitrogens with one attached hydrogen (secondary N) is 1. The Kier molecular flexibility index (Phi) is 5.80. The standard InChI is InChI=1S/C18H24N4OS/c1-14-8-12-24-16(14)5-6-17(23)20-13-15-7-9-19-18(21-15)22-10-3-2-4-11-22/h7-9,12H,2-6,10-11,13H2,1H3,(H,20,23). The summed E-state index contributed by atoms with van der Waals surface area (Å²) in [5, 5.41) is 5.04. The van der Waals surface area contributed by atoms with Crippen LogP contribution in [0, 0.1) is 6.92 Å². The Morgan fingerprint density at radius 3 is 2.88 bits per heavy atom. The fraction of sp³-hybridized carbons (Fsp3) is 0.500. The van der Waals surface area contributed by atoms with Gasteiger partial charge in [0.2, 0.25) is 11.9 Å². The van der Waals surface area contributed by atoms with Gasteiger partial charge in [-0.15, -0.1) is 11.3 Å². The third-order valence-corrected chi connectivity index (χ3v) is 5.44. The third kappa shape index (κ3) is 4.54. The van der Waals surface area contributed by atoms with Crippen molar-refractivity contribution in [2.45, 2.75) is 45.6 Å². The van der Waals surface area contributed by atoms with Crippen LogP contribution in [-0.2, 0) is 17.8 Å². The van der Waals surface area contributed by atoms with Gasteiger partial charge in [-0.2, -0.15) is 0 Å². The Morgan fingerprint density at radius 1 is 1.29 bits per heavy atom. The van der Waals surface area contributed by atoms with Crippen LogP contribution in [-0.4, -0.2) is 29.0 Å². The summed E-state index contributed by atoms with van der Waals surface area (Å²) in [6.45, 7) is 4.60. The topological polar surface area (TPSA) is 58.1 Å². The summed E-state index contributed by atoms with van der Waals surface area (Å²) in [4.78, 5) is 24.5. The third-order valence-electron chi connectivity index (χ3n) is 4.35. The molecule has 1 fully saturated rings. The molecule has 1 amide bonds. The number of carbonyl (C=O) groups is 1. The van der Waals surface area contributed by atoms with Crippen LogP contribution >= 0.6 is 11.3 Å². The van der Waals surface area contributed by atoms with Crippen molar-refractivity contribution in [1.29, 1.82) is 0 Å². The van der Waals surface area contributed by atoms with Crippen molar-refractivity contribution in [2.75, 3.05) is 18.0 Å². The van der Waals surface area contributed by atoms with E-state index in [1.807, 2.05) is 6.07 Å². The predicted molar refractivity (Wildman–Crippen MR) is 97.3 cm³/mol. The molecule has 3 heterocycles. The molecule has 24 heavy (non-hydrogen) atoms. The summed E-state index contributed by atoms with van der Waals surface area (Å²) in [5.74, 6) is 0.858. The van der Waals surface area contributed by atoms with Crippen LogP contribution in [0.3, 0.4) is 0 Å². The van der Waals surface area contributed by atoms with E-state index in [4.69, 9.17) is 0 Å². The summed E-state index contributed by atoms with van der Waals surface area (Å²) in [6.07, 6.45) is 6.80. The number of amides is 1. The molecule has 0 saturated carbocycles. The van der Waals surface area contributed by atoms with E-state index >= 15 is 0 Å². The van der Waals surface area contributed by atoms with E-state index in [2.05, 4.69) is 38.6 Å². The lowest BCUT2D eigenvalue weighted by Crippen LogP contribution is -2.31. The van der Waals surface area contributed by atoms with Gasteiger partial charge in [-0.3, -0.25) is 4.79 Å². The maximum absolute atomic E-state index is 12.0. The first-order valence-electron chi connectivity index (χ1n) is 8.59. The van der Waals surface area contributed by atoms with Crippen LogP contribution in [0.25, 0.3) is 0 Å². The molecule has 3 rings (SSSR count). The SMILES string of the molecule is Cc1ccsc1CCC(=O)NCc1ccnc(N2CCCCC2)n1. The maximum Gasteiger partial charge on any atom is 0.225 e. The number of hydrogen-bond donors (Lipinski definition) is 1. The van der Waals surface area contributed by atoms with E-state index in [0.717, 1.165) is 31.2 Å². The normalized spacial score (nSPS) is 14.6. The molecule has 2 aromatic heterocycles. The van der Waals surface area contributed by atoms with E-state index in [1.54, 1.807) is 17.5 Å². The van der Waals surface area contributed by atoms with Gasteiger partial charge in [0.25, 0.3) is 0 Å². The molecule has 0 aromatic carbocycles. The number of nitrogens with zero attached hydrogens (tertiary/aromatic N) is 3. The number of thiophene rings is 1. The molecule has 1 aliphatic rings. The number of aryl methyl sites for hydroxylation is 2. The zero-order valence-corrected chi connectivity index (χ0v) is 14.9. The molecule has 0 radical (unpaired) electrons. The first kappa shape index (κ1) is 16.9. The van der Waals surface area contributed by atoms with Gasteiger partial charge >= 0.3 is 0 Å². The molecule has 0 spiro atoms. The minimum absolute atomic E-state index is 0.0703. The number of rotatable bonds is 6. The highest BCUT2D eigenvalue weighted by molar-refractivity contribution is 7.10. The molecule has 1 saturated heterocycles. The number of piperidine rings is 1. The van der Waals surface area contributed by atoms with Gasteiger partial charge < -0.3 is 10.2 Å². The van der Waals surface area contributed by atoms with Gasteiger partial charge in [0.1, 0.15) is 0 Å². The number of anilines is 1. The Bertz CT molecular complexity index is 679. The highest BCUT2D eigenvalue weighted by atomic mass is 32.1. The van der Waals surface area contributed by atoms with Gasteiger partial charge in [-0.05, 0) is 55.7 Å². The first-order valence-corrected chi connectivity index (χ1v) is 9.47. The molecule has 0 atom stereocenters. The van der Waals surface area contributed by atoms with Crippen molar-refractivity contribution in [3.63, 3.8) is 0 Å². The summed E-state index contributed by atoms with van der Waals surface area (Å²) in [7, 11) is 0. The zero-order chi connectivity index (χ0) is 16.8. The molecule has 1 aliphatic heterocycles. The average molecular weight is 344 g/mol. The first-order chi connectivity index (χ1) is 11.7. The summed E-state index contributed by atoms with van der Waals surface area (Å²) < 4.78 is 0. The van der Waals surface area contributed by atoms with E-state index in [1.165, 1.54) is 29.7 Å². The van der Waals surface area contributed by atoms with Crippen LogP contribution in [0.4, 0.5) is 5.95 Å². The van der Waals surface area contributed by atoms with Crippen molar-refractivity contribution >= 4 is 23.2 Å². The van der Waals surface area contributed by atoms with E-state index in [9.17, 15) is 4.79 Å². The van der Waals surface area contributed by atoms with Crippen LogP contribution < -0.4 is 10.2 Å². The smallest absolute Gasteiger partial charge is 0.225 e. The molecule has 0 aliphatic carbocycles. The number of aromatic nitrogens is 2. The molecule has 0 unspecified atom stereocenters. The van der Waals surface area contributed by atoms with E-state index in [0.29, 0.717) is 13.0 Å². The second kappa shape index (κ2) is 8.24.